The number of halogens is 2. The Morgan fingerprint density at radius 2 is 2.06 bits per heavy atom. The number of aliphatic hydroxyl groups excluding tert-OH is 1. The monoisotopic (exact) mass is 242 g/mol. The summed E-state index contributed by atoms with van der Waals surface area (Å²) in [6.07, 6.45) is -0.737. The molecule has 2 rings (SSSR count). The molecule has 0 saturated carbocycles. The number of piperazine rings is 1. The molecule has 0 amide bonds. The average Bonchev–Trinajstić information content (AvgIpc) is 2.33. The number of nitrogens with zero attached hydrogens (tertiary/aromatic N) is 2. The summed E-state index contributed by atoms with van der Waals surface area (Å²) in [5.41, 5.74) is 0.492. The number of hydrogen-bond acceptors (Lipinski definition) is 3. The van der Waals surface area contributed by atoms with Crippen molar-refractivity contribution in [2.75, 3.05) is 37.8 Å². The van der Waals surface area contributed by atoms with Crippen LogP contribution in [0.25, 0.3) is 0 Å². The molecule has 1 heterocycles. The number of rotatable bonds is 3. The van der Waals surface area contributed by atoms with Gasteiger partial charge in [-0.25, -0.2) is 8.78 Å². The van der Waals surface area contributed by atoms with Gasteiger partial charge in [0.05, 0.1) is 12.2 Å². The van der Waals surface area contributed by atoms with Crippen LogP contribution in [0.2, 0.25) is 0 Å². The molecule has 1 aromatic carbocycles. The standard InChI is InChI=1S/C12H16F2N2O/c13-5-6-15-7-8-16(9-12(15)17)11-4-2-1-3-10(11)14/h1-4,12,17H,5-9H2. The minimum absolute atomic E-state index is 0.228. The Morgan fingerprint density at radius 3 is 2.71 bits per heavy atom. The summed E-state index contributed by atoms with van der Waals surface area (Å²) in [6, 6.07) is 6.48. The van der Waals surface area contributed by atoms with Gasteiger partial charge >= 0.3 is 0 Å². The molecule has 0 radical (unpaired) electrons. The number of benzene rings is 1. The van der Waals surface area contributed by atoms with E-state index in [1.54, 1.807) is 28.0 Å². The number of hydrogen-bond donors (Lipinski definition) is 1. The highest BCUT2D eigenvalue weighted by Gasteiger charge is 2.25. The molecule has 1 saturated heterocycles. The maximum Gasteiger partial charge on any atom is 0.146 e. The molecule has 1 N–H and O–H groups in total. The van der Waals surface area contributed by atoms with E-state index in [0.717, 1.165) is 0 Å². The summed E-state index contributed by atoms with van der Waals surface area (Å²) in [5, 5.41) is 9.82. The van der Waals surface area contributed by atoms with Crippen molar-refractivity contribution in [2.45, 2.75) is 6.23 Å². The molecule has 1 aliphatic heterocycles. The van der Waals surface area contributed by atoms with Crippen LogP contribution in [0.3, 0.4) is 0 Å². The van der Waals surface area contributed by atoms with E-state index in [-0.39, 0.29) is 12.4 Å². The van der Waals surface area contributed by atoms with Crippen LogP contribution in [-0.4, -0.2) is 49.1 Å². The second-order valence-electron chi connectivity index (χ2n) is 4.10. The second-order valence-corrected chi connectivity index (χ2v) is 4.10. The normalized spacial score (nSPS) is 21.8. The van der Waals surface area contributed by atoms with E-state index in [4.69, 9.17) is 0 Å². The van der Waals surface area contributed by atoms with Crippen molar-refractivity contribution >= 4 is 5.69 Å². The average molecular weight is 242 g/mol. The van der Waals surface area contributed by atoms with E-state index < -0.39 is 12.9 Å². The lowest BCUT2D eigenvalue weighted by atomic mass is 10.2. The van der Waals surface area contributed by atoms with E-state index >= 15 is 0 Å². The maximum absolute atomic E-state index is 13.5. The Morgan fingerprint density at radius 1 is 1.29 bits per heavy atom. The Labute approximate surface area is 99.3 Å². The molecule has 5 heteroatoms. The summed E-state index contributed by atoms with van der Waals surface area (Å²) in [6.45, 7) is 1.20. The molecule has 1 unspecified atom stereocenters. The van der Waals surface area contributed by atoms with Crippen molar-refractivity contribution in [3.63, 3.8) is 0 Å². The lowest BCUT2D eigenvalue weighted by Crippen LogP contribution is -2.53. The molecule has 17 heavy (non-hydrogen) atoms. The number of β-amino-alcohol motifs (C(OH)–C–C–N with tert-alkyl or cyclic N) is 1. The SMILES string of the molecule is OC1CN(c2ccccc2F)CCN1CCF. The second kappa shape index (κ2) is 5.42. The summed E-state index contributed by atoms with van der Waals surface area (Å²) >= 11 is 0. The minimum atomic E-state index is -0.737. The zero-order chi connectivity index (χ0) is 12.3. The molecule has 94 valence electrons. The summed E-state index contributed by atoms with van der Waals surface area (Å²) in [4.78, 5) is 3.45. The Bertz CT molecular complexity index is 375. The van der Waals surface area contributed by atoms with Gasteiger partial charge in [-0.3, -0.25) is 4.90 Å². The smallest absolute Gasteiger partial charge is 0.146 e. The molecule has 1 aliphatic rings. The summed E-state index contributed by atoms with van der Waals surface area (Å²) in [7, 11) is 0. The van der Waals surface area contributed by atoms with Gasteiger partial charge in [-0.15, -0.1) is 0 Å². The first-order chi connectivity index (χ1) is 8.22. The van der Waals surface area contributed by atoms with Gasteiger partial charge in [0.15, 0.2) is 0 Å². The van der Waals surface area contributed by atoms with Crippen molar-refractivity contribution in [1.29, 1.82) is 0 Å². The molecule has 1 atom stereocenters. The number of alkyl halides is 1. The molecule has 0 bridgehead atoms. The van der Waals surface area contributed by atoms with Gasteiger partial charge in [0.2, 0.25) is 0 Å². The fourth-order valence-corrected chi connectivity index (χ4v) is 2.10. The first-order valence-corrected chi connectivity index (χ1v) is 5.70. The molecule has 1 aromatic rings. The highest BCUT2D eigenvalue weighted by molar-refractivity contribution is 5.48. The van der Waals surface area contributed by atoms with Crippen LogP contribution >= 0.6 is 0 Å². The predicted octanol–water partition coefficient (Wildman–Crippen LogP) is 1.24. The van der Waals surface area contributed by atoms with E-state index in [1.165, 1.54) is 6.07 Å². The largest absolute Gasteiger partial charge is 0.376 e. The van der Waals surface area contributed by atoms with Crippen molar-refractivity contribution in [2.24, 2.45) is 0 Å². The fraction of sp³-hybridized carbons (Fsp3) is 0.500. The van der Waals surface area contributed by atoms with Crippen LogP contribution in [0.5, 0.6) is 0 Å². The summed E-state index contributed by atoms with van der Waals surface area (Å²) < 4.78 is 25.8. The van der Waals surface area contributed by atoms with E-state index in [0.29, 0.717) is 25.3 Å². The Kier molecular flexibility index (Phi) is 3.91. The third-order valence-electron chi connectivity index (χ3n) is 3.03. The van der Waals surface area contributed by atoms with Crippen LogP contribution < -0.4 is 4.90 Å². The van der Waals surface area contributed by atoms with Crippen LogP contribution in [0.4, 0.5) is 14.5 Å². The highest BCUT2D eigenvalue weighted by Crippen LogP contribution is 2.21. The zero-order valence-electron chi connectivity index (χ0n) is 9.52. The molecular formula is C12H16F2N2O. The van der Waals surface area contributed by atoms with Crippen LogP contribution in [0.15, 0.2) is 24.3 Å². The van der Waals surface area contributed by atoms with Gasteiger partial charge in [0, 0.05) is 19.6 Å². The predicted molar refractivity (Wildman–Crippen MR) is 62.2 cm³/mol. The lowest BCUT2D eigenvalue weighted by Gasteiger charge is -2.39. The number of para-hydroxylation sites is 1. The van der Waals surface area contributed by atoms with E-state index in [9.17, 15) is 13.9 Å². The molecule has 0 aromatic heterocycles. The minimum Gasteiger partial charge on any atom is -0.376 e. The van der Waals surface area contributed by atoms with Crippen molar-refractivity contribution in [3.05, 3.63) is 30.1 Å². The van der Waals surface area contributed by atoms with E-state index in [2.05, 4.69) is 0 Å². The topological polar surface area (TPSA) is 26.7 Å². The van der Waals surface area contributed by atoms with Crippen LogP contribution in [0.1, 0.15) is 0 Å². The van der Waals surface area contributed by atoms with Gasteiger partial charge in [-0.2, -0.15) is 0 Å². The Hall–Kier alpha value is -1.20. The van der Waals surface area contributed by atoms with Crippen molar-refractivity contribution in [1.82, 2.24) is 4.90 Å². The molecular weight excluding hydrogens is 226 g/mol. The van der Waals surface area contributed by atoms with Crippen molar-refractivity contribution < 1.29 is 13.9 Å². The van der Waals surface area contributed by atoms with Gasteiger partial charge in [-0.1, -0.05) is 12.1 Å². The molecule has 3 nitrogen and oxygen atoms in total. The first-order valence-electron chi connectivity index (χ1n) is 5.70. The van der Waals surface area contributed by atoms with Crippen LogP contribution in [0, 0.1) is 5.82 Å². The molecule has 0 spiro atoms. The number of aliphatic hydroxyl groups is 1. The molecule has 1 fully saturated rings. The summed E-state index contributed by atoms with van der Waals surface area (Å²) in [5.74, 6) is -0.293. The van der Waals surface area contributed by atoms with Gasteiger partial charge < -0.3 is 10.0 Å². The fourth-order valence-electron chi connectivity index (χ4n) is 2.10. The van der Waals surface area contributed by atoms with Crippen molar-refractivity contribution in [3.8, 4) is 0 Å². The Balaban J connectivity index is 2.04. The third kappa shape index (κ3) is 2.73. The number of anilines is 1. The first kappa shape index (κ1) is 12.3. The third-order valence-corrected chi connectivity index (χ3v) is 3.03. The highest BCUT2D eigenvalue weighted by atomic mass is 19.1. The van der Waals surface area contributed by atoms with E-state index in [1.807, 2.05) is 0 Å². The van der Waals surface area contributed by atoms with Crippen LogP contribution in [-0.2, 0) is 0 Å². The van der Waals surface area contributed by atoms with Gasteiger partial charge in [-0.05, 0) is 12.1 Å². The maximum atomic E-state index is 13.5. The van der Waals surface area contributed by atoms with Gasteiger partial charge in [0.1, 0.15) is 18.7 Å². The quantitative estimate of drug-likeness (QED) is 0.863. The molecule has 0 aliphatic carbocycles. The zero-order valence-corrected chi connectivity index (χ0v) is 9.52. The lowest BCUT2D eigenvalue weighted by molar-refractivity contribution is -0.00650. The van der Waals surface area contributed by atoms with Gasteiger partial charge in [0.25, 0.3) is 0 Å².